The van der Waals surface area contributed by atoms with Crippen molar-refractivity contribution in [3.63, 3.8) is 0 Å². The largest absolute Gasteiger partial charge is 0.481 e. The summed E-state index contributed by atoms with van der Waals surface area (Å²) in [5.74, 6) is -1.45. The fourth-order valence-corrected chi connectivity index (χ4v) is 4.26. The highest BCUT2D eigenvalue weighted by molar-refractivity contribution is 5.97. The Morgan fingerprint density at radius 2 is 1.59 bits per heavy atom. The number of fused-ring (bicyclic) bond motifs is 3. The zero-order valence-corrected chi connectivity index (χ0v) is 19.0. The topological polar surface area (TPSA) is 105 Å². The minimum absolute atomic E-state index is 0.0490. The van der Waals surface area contributed by atoms with Crippen LogP contribution in [0.2, 0.25) is 0 Å². The highest BCUT2D eigenvalue weighted by Gasteiger charge is 2.29. The number of benzene rings is 3. The Kier molecular flexibility index (Phi) is 6.63. The number of carbonyl (C=O) groups is 3. The predicted octanol–water partition coefficient (Wildman–Crippen LogP) is 4.95. The average molecular weight is 459 g/mol. The molecule has 0 fully saturated rings. The normalized spacial score (nSPS) is 12.9. The molecule has 3 aromatic rings. The maximum absolute atomic E-state index is 12.6. The van der Waals surface area contributed by atoms with E-state index in [2.05, 4.69) is 34.9 Å². The van der Waals surface area contributed by atoms with E-state index in [0.29, 0.717) is 11.3 Å². The van der Waals surface area contributed by atoms with Crippen molar-refractivity contribution in [2.45, 2.75) is 32.2 Å². The molecule has 0 aliphatic heterocycles. The smallest absolute Gasteiger partial charge is 0.411 e. The molecule has 3 aromatic carbocycles. The fraction of sp³-hybridized carbons (Fsp3) is 0.222. The van der Waals surface area contributed by atoms with E-state index in [4.69, 9.17) is 9.84 Å². The van der Waals surface area contributed by atoms with Gasteiger partial charge in [0, 0.05) is 23.2 Å². The molecule has 0 bridgehead atoms. The van der Waals surface area contributed by atoms with Gasteiger partial charge in [-0.15, -0.1) is 0 Å². The van der Waals surface area contributed by atoms with E-state index in [-0.39, 0.29) is 18.9 Å². The van der Waals surface area contributed by atoms with Crippen molar-refractivity contribution in [1.29, 1.82) is 0 Å². The molecule has 0 aromatic heterocycles. The lowest BCUT2D eigenvalue weighted by atomic mass is 9.98. The molecule has 1 aliphatic rings. The minimum Gasteiger partial charge on any atom is -0.481 e. The average Bonchev–Trinajstić information content (AvgIpc) is 3.12. The van der Waals surface area contributed by atoms with Gasteiger partial charge in [-0.1, -0.05) is 54.6 Å². The van der Waals surface area contributed by atoms with Crippen molar-refractivity contribution in [3.8, 4) is 11.1 Å². The van der Waals surface area contributed by atoms with Crippen LogP contribution in [0, 0.1) is 6.92 Å². The number of ether oxygens (including phenoxy) is 1. The lowest BCUT2D eigenvalue weighted by molar-refractivity contribution is -0.137. The van der Waals surface area contributed by atoms with E-state index in [0.717, 1.165) is 27.8 Å². The van der Waals surface area contributed by atoms with Crippen LogP contribution in [0.3, 0.4) is 0 Å². The monoisotopic (exact) mass is 458 g/mol. The molecule has 7 heteroatoms. The molecule has 0 heterocycles. The Morgan fingerprint density at radius 1 is 0.971 bits per heavy atom. The number of anilines is 1. The zero-order chi connectivity index (χ0) is 24.2. The molecule has 0 spiro atoms. The molecule has 2 amide bonds. The summed E-state index contributed by atoms with van der Waals surface area (Å²) in [5, 5.41) is 14.2. The number of rotatable bonds is 7. The van der Waals surface area contributed by atoms with E-state index in [1.807, 2.05) is 31.2 Å². The first kappa shape index (κ1) is 23.0. The van der Waals surface area contributed by atoms with Crippen LogP contribution in [0.1, 0.15) is 46.3 Å². The van der Waals surface area contributed by atoms with Gasteiger partial charge in [-0.05, 0) is 53.8 Å². The van der Waals surface area contributed by atoms with Gasteiger partial charge in [-0.2, -0.15) is 0 Å². The first-order valence-electron chi connectivity index (χ1n) is 11.1. The molecular formula is C27H26N2O5. The SMILES string of the molecule is Cc1ccc(C(=O)N[C@@H](C)CC(=O)O)cc1NC(=O)OCC1c2ccccc2-c2ccccc21. The molecule has 0 saturated heterocycles. The van der Waals surface area contributed by atoms with Crippen molar-refractivity contribution in [2.24, 2.45) is 0 Å². The van der Waals surface area contributed by atoms with Gasteiger partial charge in [-0.3, -0.25) is 14.9 Å². The summed E-state index contributed by atoms with van der Waals surface area (Å²) in [6, 6.07) is 20.6. The Balaban J connectivity index is 1.42. The van der Waals surface area contributed by atoms with Crippen LogP contribution < -0.4 is 10.6 Å². The minimum atomic E-state index is -0.991. The van der Waals surface area contributed by atoms with Crippen molar-refractivity contribution >= 4 is 23.7 Å². The number of carboxylic acids is 1. The van der Waals surface area contributed by atoms with Crippen LogP contribution >= 0.6 is 0 Å². The molecular weight excluding hydrogens is 432 g/mol. The van der Waals surface area contributed by atoms with Crippen molar-refractivity contribution in [1.82, 2.24) is 5.32 Å². The van der Waals surface area contributed by atoms with Crippen LogP contribution in [0.25, 0.3) is 11.1 Å². The van der Waals surface area contributed by atoms with Gasteiger partial charge < -0.3 is 15.2 Å². The third-order valence-electron chi connectivity index (χ3n) is 5.94. The molecule has 174 valence electrons. The van der Waals surface area contributed by atoms with Crippen molar-refractivity contribution in [2.75, 3.05) is 11.9 Å². The van der Waals surface area contributed by atoms with Gasteiger partial charge >= 0.3 is 12.1 Å². The molecule has 0 radical (unpaired) electrons. The second-order valence-electron chi connectivity index (χ2n) is 8.45. The fourth-order valence-electron chi connectivity index (χ4n) is 4.26. The van der Waals surface area contributed by atoms with Gasteiger partial charge in [0.2, 0.25) is 0 Å². The molecule has 0 unspecified atom stereocenters. The summed E-state index contributed by atoms with van der Waals surface area (Å²) in [4.78, 5) is 35.9. The standard InChI is InChI=1S/C27H26N2O5/c1-16-11-12-18(26(32)28-17(2)13-25(30)31)14-24(16)29-27(33)34-15-23-21-9-5-3-7-19(21)20-8-4-6-10-22(20)23/h3-12,14,17,23H,13,15H2,1-2H3,(H,28,32)(H,29,33)(H,30,31)/t17-/m0/s1. The summed E-state index contributed by atoms with van der Waals surface area (Å²) in [6.45, 7) is 3.62. The lowest BCUT2D eigenvalue weighted by Gasteiger charge is -2.16. The first-order valence-corrected chi connectivity index (χ1v) is 11.1. The molecule has 1 atom stereocenters. The summed E-state index contributed by atoms with van der Waals surface area (Å²) in [5.41, 5.74) is 6.09. The number of carboxylic acid groups (broad SMARTS) is 1. The highest BCUT2D eigenvalue weighted by Crippen LogP contribution is 2.44. The van der Waals surface area contributed by atoms with Gasteiger partial charge in [0.25, 0.3) is 5.91 Å². The lowest BCUT2D eigenvalue weighted by Crippen LogP contribution is -2.34. The molecule has 34 heavy (non-hydrogen) atoms. The van der Waals surface area contributed by atoms with Gasteiger partial charge in [0.15, 0.2) is 0 Å². The molecule has 1 aliphatic carbocycles. The van der Waals surface area contributed by atoms with Crippen LogP contribution in [0.5, 0.6) is 0 Å². The van der Waals surface area contributed by atoms with Crippen molar-refractivity contribution < 1.29 is 24.2 Å². The van der Waals surface area contributed by atoms with Crippen LogP contribution in [-0.4, -0.2) is 35.7 Å². The summed E-state index contributed by atoms with van der Waals surface area (Å²) in [7, 11) is 0. The highest BCUT2D eigenvalue weighted by atomic mass is 16.5. The number of carbonyl (C=O) groups excluding carboxylic acids is 2. The van der Waals surface area contributed by atoms with E-state index in [1.165, 1.54) is 0 Å². The molecule has 3 N–H and O–H groups in total. The first-order chi connectivity index (χ1) is 16.3. The predicted molar refractivity (Wildman–Crippen MR) is 129 cm³/mol. The third kappa shape index (κ3) is 4.93. The van der Waals surface area contributed by atoms with E-state index in [1.54, 1.807) is 25.1 Å². The van der Waals surface area contributed by atoms with Crippen LogP contribution in [0.15, 0.2) is 66.7 Å². The van der Waals surface area contributed by atoms with Gasteiger partial charge in [0.05, 0.1) is 6.42 Å². The van der Waals surface area contributed by atoms with Gasteiger partial charge in [-0.25, -0.2) is 4.79 Å². The van der Waals surface area contributed by atoms with E-state index >= 15 is 0 Å². The number of hydrogen-bond acceptors (Lipinski definition) is 4. The van der Waals surface area contributed by atoms with Crippen LogP contribution in [0.4, 0.5) is 10.5 Å². The zero-order valence-electron chi connectivity index (χ0n) is 19.0. The van der Waals surface area contributed by atoms with Crippen molar-refractivity contribution in [3.05, 3.63) is 89.0 Å². The van der Waals surface area contributed by atoms with Crippen LogP contribution in [-0.2, 0) is 9.53 Å². The second kappa shape index (κ2) is 9.79. The quantitative estimate of drug-likeness (QED) is 0.465. The van der Waals surface area contributed by atoms with E-state index < -0.39 is 24.0 Å². The molecule has 4 rings (SSSR count). The maximum atomic E-state index is 12.6. The molecule has 0 saturated carbocycles. The number of amides is 2. The Morgan fingerprint density at radius 3 is 2.21 bits per heavy atom. The van der Waals surface area contributed by atoms with E-state index in [9.17, 15) is 14.4 Å². The van der Waals surface area contributed by atoms with Gasteiger partial charge in [0.1, 0.15) is 6.61 Å². The number of aliphatic carboxylic acids is 1. The number of nitrogens with one attached hydrogen (secondary N) is 2. The molecule has 7 nitrogen and oxygen atoms in total. The number of aryl methyl sites for hydroxylation is 1. The summed E-state index contributed by atoms with van der Waals surface area (Å²) in [6.07, 6.45) is -0.788. The summed E-state index contributed by atoms with van der Waals surface area (Å²) >= 11 is 0. The Labute approximate surface area is 197 Å². The second-order valence-corrected chi connectivity index (χ2v) is 8.45. The Hall–Kier alpha value is -4.13. The maximum Gasteiger partial charge on any atom is 0.411 e. The number of hydrogen-bond donors (Lipinski definition) is 3. The third-order valence-corrected chi connectivity index (χ3v) is 5.94. The Bertz CT molecular complexity index is 1210. The summed E-state index contributed by atoms with van der Waals surface area (Å²) < 4.78 is 5.59.